The first-order valence-corrected chi connectivity index (χ1v) is 11.3. The average molecular weight is 395 g/mol. The van der Waals surface area contributed by atoms with E-state index in [4.69, 9.17) is 9.47 Å². The molecule has 4 nitrogen and oxygen atoms in total. The van der Waals surface area contributed by atoms with Crippen molar-refractivity contribution in [2.75, 3.05) is 26.8 Å². The fourth-order valence-electron chi connectivity index (χ4n) is 4.88. The third kappa shape index (κ3) is 5.30. The summed E-state index contributed by atoms with van der Waals surface area (Å²) in [7, 11) is 1.70. The highest BCUT2D eigenvalue weighted by molar-refractivity contribution is 5.36. The smallest absolute Gasteiger partial charge is 0.217 e. The van der Waals surface area contributed by atoms with E-state index >= 15 is 0 Å². The molecule has 4 heteroatoms. The molecule has 156 valence electrons. The highest BCUT2D eigenvalue weighted by Gasteiger charge is 2.24. The van der Waals surface area contributed by atoms with E-state index in [1.807, 2.05) is 6.07 Å². The van der Waals surface area contributed by atoms with Crippen LogP contribution >= 0.6 is 0 Å². The van der Waals surface area contributed by atoms with Gasteiger partial charge in [0.15, 0.2) is 0 Å². The lowest BCUT2D eigenvalue weighted by Gasteiger charge is -2.33. The lowest BCUT2D eigenvalue weighted by molar-refractivity contribution is 0.191. The van der Waals surface area contributed by atoms with Gasteiger partial charge >= 0.3 is 0 Å². The van der Waals surface area contributed by atoms with Crippen LogP contribution in [0.3, 0.4) is 0 Å². The molecule has 1 aliphatic carbocycles. The number of hydrogen-bond acceptors (Lipinski definition) is 4. The number of hydrogen-bond donors (Lipinski definition) is 0. The summed E-state index contributed by atoms with van der Waals surface area (Å²) >= 11 is 0. The summed E-state index contributed by atoms with van der Waals surface area (Å²) in [4.78, 5) is 6.85. The van der Waals surface area contributed by atoms with E-state index in [0.29, 0.717) is 5.92 Å². The van der Waals surface area contributed by atoms with E-state index in [0.717, 1.165) is 43.8 Å². The van der Waals surface area contributed by atoms with Crippen LogP contribution in [0.4, 0.5) is 0 Å². The molecular formula is C25H34N2O2. The Hall–Kier alpha value is -2.07. The quantitative estimate of drug-likeness (QED) is 0.627. The number of pyridine rings is 1. The van der Waals surface area contributed by atoms with Crippen LogP contribution < -0.4 is 9.47 Å². The first-order valence-electron chi connectivity index (χ1n) is 11.3. The standard InChI is InChI=1S/C25H34N2O2/c1-28-25-22(10-7-15-26-25)18-27-16-13-21(14-17-27)23-11-5-6-12-24(23)29-19-20-8-3-2-4-9-20/h5-7,10-12,15,20-21H,2-4,8-9,13-14,16-19H2,1H3. The number of benzene rings is 1. The highest BCUT2D eigenvalue weighted by atomic mass is 16.5. The molecule has 2 aromatic rings. The Morgan fingerprint density at radius 1 is 0.966 bits per heavy atom. The Kier molecular flexibility index (Phi) is 7.04. The maximum absolute atomic E-state index is 6.34. The molecule has 29 heavy (non-hydrogen) atoms. The molecule has 2 aliphatic rings. The van der Waals surface area contributed by atoms with Crippen LogP contribution in [-0.4, -0.2) is 36.7 Å². The van der Waals surface area contributed by atoms with Gasteiger partial charge in [0, 0.05) is 18.3 Å². The maximum atomic E-state index is 6.34. The van der Waals surface area contributed by atoms with Crippen LogP contribution in [0.1, 0.15) is 62.0 Å². The van der Waals surface area contributed by atoms with E-state index in [9.17, 15) is 0 Å². The fraction of sp³-hybridized carbons (Fsp3) is 0.560. The van der Waals surface area contributed by atoms with Crippen molar-refractivity contribution in [3.8, 4) is 11.6 Å². The minimum absolute atomic E-state index is 0.588. The zero-order valence-corrected chi connectivity index (χ0v) is 17.7. The van der Waals surface area contributed by atoms with Crippen LogP contribution in [0.25, 0.3) is 0 Å². The van der Waals surface area contributed by atoms with Crippen molar-refractivity contribution < 1.29 is 9.47 Å². The van der Waals surface area contributed by atoms with Crippen molar-refractivity contribution in [2.45, 2.75) is 57.4 Å². The molecule has 1 aromatic carbocycles. The zero-order chi connectivity index (χ0) is 19.9. The van der Waals surface area contributed by atoms with Gasteiger partial charge in [0.05, 0.1) is 13.7 Å². The average Bonchev–Trinajstić information content (AvgIpc) is 2.79. The summed E-state index contributed by atoms with van der Waals surface area (Å²) in [5.41, 5.74) is 2.58. The lowest BCUT2D eigenvalue weighted by Crippen LogP contribution is -2.32. The Morgan fingerprint density at radius 3 is 2.55 bits per heavy atom. The number of methoxy groups -OCH3 is 1. The van der Waals surface area contributed by atoms with Crippen molar-refractivity contribution in [1.29, 1.82) is 0 Å². The van der Waals surface area contributed by atoms with Crippen LogP contribution in [0.2, 0.25) is 0 Å². The number of aromatic nitrogens is 1. The van der Waals surface area contributed by atoms with Gasteiger partial charge in [-0.1, -0.05) is 43.5 Å². The van der Waals surface area contributed by atoms with E-state index in [-0.39, 0.29) is 0 Å². The molecule has 0 N–H and O–H groups in total. The first-order chi connectivity index (χ1) is 14.3. The predicted molar refractivity (Wildman–Crippen MR) is 117 cm³/mol. The number of likely N-dealkylation sites (tertiary alicyclic amines) is 1. The molecule has 2 heterocycles. The predicted octanol–water partition coefficient (Wildman–Crippen LogP) is 5.43. The summed E-state index contributed by atoms with van der Waals surface area (Å²) in [6, 6.07) is 12.8. The summed E-state index contributed by atoms with van der Waals surface area (Å²) in [5.74, 6) is 3.19. The minimum atomic E-state index is 0.588. The summed E-state index contributed by atoms with van der Waals surface area (Å²) in [6.07, 6.45) is 10.9. The number of rotatable bonds is 7. The van der Waals surface area contributed by atoms with Crippen LogP contribution in [0.5, 0.6) is 11.6 Å². The van der Waals surface area contributed by atoms with E-state index in [2.05, 4.69) is 40.2 Å². The molecule has 2 fully saturated rings. The fourth-order valence-corrected chi connectivity index (χ4v) is 4.88. The molecular weight excluding hydrogens is 360 g/mol. The van der Waals surface area contributed by atoms with E-state index in [1.54, 1.807) is 13.3 Å². The second kappa shape index (κ2) is 10.1. The Labute approximate surface area is 175 Å². The molecule has 1 saturated heterocycles. The first kappa shape index (κ1) is 20.2. The monoisotopic (exact) mass is 394 g/mol. The molecule has 0 bridgehead atoms. The molecule has 0 amide bonds. The van der Waals surface area contributed by atoms with Gasteiger partial charge in [-0.05, 0) is 68.3 Å². The number of para-hydroxylation sites is 1. The maximum Gasteiger partial charge on any atom is 0.217 e. The van der Waals surface area contributed by atoms with Crippen molar-refractivity contribution >= 4 is 0 Å². The molecule has 1 saturated carbocycles. The van der Waals surface area contributed by atoms with Crippen LogP contribution in [0, 0.1) is 5.92 Å². The third-order valence-electron chi connectivity index (χ3n) is 6.58. The lowest BCUT2D eigenvalue weighted by atomic mass is 9.88. The van der Waals surface area contributed by atoms with Gasteiger partial charge in [0.1, 0.15) is 5.75 Å². The molecule has 4 rings (SSSR count). The van der Waals surface area contributed by atoms with Gasteiger partial charge < -0.3 is 9.47 Å². The number of piperidine rings is 1. The van der Waals surface area contributed by atoms with Gasteiger partial charge in [-0.2, -0.15) is 0 Å². The van der Waals surface area contributed by atoms with Crippen molar-refractivity contribution in [2.24, 2.45) is 5.92 Å². The topological polar surface area (TPSA) is 34.6 Å². The number of ether oxygens (including phenoxy) is 2. The normalized spacial score (nSPS) is 19.2. The molecule has 0 spiro atoms. The molecule has 1 aliphatic heterocycles. The zero-order valence-electron chi connectivity index (χ0n) is 17.7. The van der Waals surface area contributed by atoms with Crippen molar-refractivity contribution in [3.05, 3.63) is 53.7 Å². The molecule has 0 atom stereocenters. The summed E-state index contributed by atoms with van der Waals surface area (Å²) in [6.45, 7) is 3.99. The van der Waals surface area contributed by atoms with Crippen LogP contribution in [-0.2, 0) is 6.54 Å². The second-order valence-corrected chi connectivity index (χ2v) is 8.58. The highest BCUT2D eigenvalue weighted by Crippen LogP contribution is 2.35. The van der Waals surface area contributed by atoms with Gasteiger partial charge in [0.25, 0.3) is 0 Å². The van der Waals surface area contributed by atoms with E-state index in [1.165, 1.54) is 56.1 Å². The van der Waals surface area contributed by atoms with Gasteiger partial charge in [-0.3, -0.25) is 4.90 Å². The Bertz CT molecular complexity index is 765. The Morgan fingerprint density at radius 2 is 1.76 bits per heavy atom. The largest absolute Gasteiger partial charge is 0.493 e. The minimum Gasteiger partial charge on any atom is -0.493 e. The second-order valence-electron chi connectivity index (χ2n) is 8.58. The Balaban J connectivity index is 1.33. The number of nitrogens with zero attached hydrogens (tertiary/aromatic N) is 2. The SMILES string of the molecule is COc1ncccc1CN1CCC(c2ccccc2OCC2CCCCC2)CC1. The van der Waals surface area contributed by atoms with Gasteiger partial charge in [0.2, 0.25) is 5.88 Å². The van der Waals surface area contributed by atoms with Gasteiger partial charge in [-0.25, -0.2) is 4.98 Å². The van der Waals surface area contributed by atoms with Crippen LogP contribution in [0.15, 0.2) is 42.6 Å². The summed E-state index contributed by atoms with van der Waals surface area (Å²) in [5, 5.41) is 0. The summed E-state index contributed by atoms with van der Waals surface area (Å²) < 4.78 is 11.8. The van der Waals surface area contributed by atoms with Gasteiger partial charge in [-0.15, -0.1) is 0 Å². The molecule has 0 radical (unpaired) electrons. The molecule has 1 aromatic heterocycles. The van der Waals surface area contributed by atoms with E-state index < -0.39 is 0 Å². The van der Waals surface area contributed by atoms with Crippen molar-refractivity contribution in [3.63, 3.8) is 0 Å². The molecule has 0 unspecified atom stereocenters. The van der Waals surface area contributed by atoms with Crippen molar-refractivity contribution in [1.82, 2.24) is 9.88 Å². The third-order valence-corrected chi connectivity index (χ3v) is 6.58.